The average molecular weight is 431 g/mol. The molecule has 1 amide bonds. The van der Waals surface area contributed by atoms with E-state index in [1.165, 1.54) is 14.0 Å². The number of hydrogen-bond donors (Lipinski definition) is 1. The molecule has 0 bridgehead atoms. The molecule has 82 valence electrons. The number of nitrogens with one attached hydrogen (secondary N) is 1. The van der Waals surface area contributed by atoms with Crippen LogP contribution in [0.2, 0.25) is 5.02 Å². The number of esters is 1. The van der Waals surface area contributed by atoms with E-state index in [4.69, 9.17) is 11.6 Å². The number of carbonyl (C=O) groups excluding carboxylic acids is 2. The van der Waals surface area contributed by atoms with Crippen molar-refractivity contribution in [2.75, 3.05) is 12.4 Å². The fourth-order valence-corrected chi connectivity index (χ4v) is 2.65. The van der Waals surface area contributed by atoms with Gasteiger partial charge in [-0.15, -0.1) is 0 Å². The van der Waals surface area contributed by atoms with Crippen molar-refractivity contribution in [2.24, 2.45) is 0 Å². The van der Waals surface area contributed by atoms with E-state index >= 15 is 0 Å². The molecule has 4 nitrogen and oxygen atoms in total. The van der Waals surface area contributed by atoms with Gasteiger partial charge in [-0.25, -0.2) is 0 Å². The zero-order valence-electron chi connectivity index (χ0n) is 8.83. The van der Waals surface area contributed by atoms with E-state index in [2.05, 4.69) is 10.1 Å². The molecule has 0 atom stereocenters. The van der Waals surface area contributed by atoms with Gasteiger partial charge in [0.25, 0.3) is 0 Å². The summed E-state index contributed by atoms with van der Waals surface area (Å²) in [5.74, 6) is -0.634. The van der Waals surface area contributed by atoms with E-state index in [0.29, 0.717) is 37.0 Å². The van der Waals surface area contributed by atoms with E-state index in [-0.39, 0.29) is 10.9 Å². The van der Waals surface area contributed by atoms with Crippen LogP contribution in [0.25, 0.3) is 0 Å². The molecule has 0 radical (unpaired) electrons. The summed E-state index contributed by atoms with van der Waals surface area (Å²) in [7, 11) is 1.30. The molecule has 0 saturated heterocycles. The minimum absolute atomic E-state index is 0.163. The van der Waals surface area contributed by atoms with E-state index in [9.17, 15) is 9.59 Å². The van der Waals surface area contributed by atoms with Crippen molar-refractivity contribution in [3.63, 3.8) is 0 Å². The summed E-state index contributed by atoms with van der Waals surface area (Å²) in [4.78, 5) is 22.3. The van der Waals surface area contributed by atoms with E-state index in [0.717, 1.165) is 3.12 Å². The Kier molecular flexibility index (Phi) is 4.73. The van der Waals surface area contributed by atoms with Crippen molar-refractivity contribution >= 4 is 58.1 Å². The normalized spacial score (nSPS) is 9.62. The zero-order chi connectivity index (χ0) is 12.3. The number of methoxy groups -OCH3 is 1. The number of anilines is 1. The van der Waals surface area contributed by atoms with Crippen molar-refractivity contribution in [3.8, 4) is 0 Å². The van der Waals surface area contributed by atoms with Crippen molar-refractivity contribution < 1.29 is 14.3 Å². The van der Waals surface area contributed by atoms with Crippen LogP contribution in [-0.4, -0.2) is 44.8 Å². The monoisotopic (exact) mass is 431 g/mol. The van der Waals surface area contributed by atoms with Crippen LogP contribution >= 0.6 is 11.6 Å². The number of amides is 1. The van der Waals surface area contributed by atoms with Crippen LogP contribution in [0.3, 0.4) is 0 Å². The Labute approximate surface area is 114 Å². The first-order chi connectivity index (χ1) is 7.45. The molecule has 0 fully saturated rings. The second-order valence-electron chi connectivity index (χ2n) is 3.09. The van der Waals surface area contributed by atoms with Crippen LogP contribution in [-0.2, 0) is 9.53 Å². The molecular formula is C10H9ClNO3Tl. The number of hydrogen-bond acceptors (Lipinski definition) is 3. The number of halogens is 1. The van der Waals surface area contributed by atoms with Gasteiger partial charge in [-0.2, -0.15) is 0 Å². The molecule has 1 rings (SSSR count). The fourth-order valence-electron chi connectivity index (χ4n) is 1.15. The van der Waals surface area contributed by atoms with Gasteiger partial charge in [0, 0.05) is 0 Å². The van der Waals surface area contributed by atoms with Gasteiger partial charge in [0.05, 0.1) is 0 Å². The van der Waals surface area contributed by atoms with Crippen LogP contribution in [0.5, 0.6) is 0 Å². The van der Waals surface area contributed by atoms with Gasteiger partial charge in [-0.1, -0.05) is 0 Å². The Hall–Kier alpha value is -0.628. The Bertz CT molecular complexity index is 448. The number of rotatable bonds is 2. The Morgan fingerprint density at radius 2 is 2.06 bits per heavy atom. The fraction of sp³-hybridized carbons (Fsp3) is 0.200. The molecule has 16 heavy (non-hydrogen) atoms. The molecule has 0 aliphatic rings. The quantitative estimate of drug-likeness (QED) is 0.559. The van der Waals surface area contributed by atoms with Gasteiger partial charge in [-0.3, -0.25) is 0 Å². The topological polar surface area (TPSA) is 55.4 Å². The zero-order valence-corrected chi connectivity index (χ0v) is 14.1. The molecule has 1 aromatic carbocycles. The molecule has 0 aromatic heterocycles. The van der Waals surface area contributed by atoms with Gasteiger partial charge in [0.2, 0.25) is 0 Å². The van der Waals surface area contributed by atoms with Crippen molar-refractivity contribution in [1.82, 2.24) is 0 Å². The molecule has 0 spiro atoms. The minimum atomic E-state index is -0.471. The second kappa shape index (κ2) is 5.63. The first kappa shape index (κ1) is 13.4. The molecule has 0 aliphatic heterocycles. The summed E-state index contributed by atoms with van der Waals surface area (Å²) in [6.07, 6.45) is 0. The predicted molar refractivity (Wildman–Crippen MR) is 62.5 cm³/mol. The number of carbonyl (C=O) groups is 2. The third-order valence-electron chi connectivity index (χ3n) is 1.86. The Balaban J connectivity index is 3.16. The van der Waals surface area contributed by atoms with Crippen LogP contribution in [0.4, 0.5) is 5.69 Å². The summed E-state index contributed by atoms with van der Waals surface area (Å²) in [6.45, 7) is 1.42. The first-order valence-electron chi connectivity index (χ1n) is 4.40. The molecular weight excluding hydrogens is 422 g/mol. The van der Waals surface area contributed by atoms with Crippen molar-refractivity contribution in [2.45, 2.75) is 6.92 Å². The number of ether oxygens (including phenoxy) is 1. The van der Waals surface area contributed by atoms with E-state index in [1.54, 1.807) is 12.1 Å². The summed E-state index contributed by atoms with van der Waals surface area (Å²) in [5.41, 5.74) is 0.992. The second-order valence-corrected chi connectivity index (χ2v) is 5.92. The SMILES string of the molecule is COC(=O)c1c[c]([Tl])c(NC(C)=O)cc1Cl. The standard InChI is InChI=1S/C10H9ClNO3.Tl/c1-6(13)12-7-3-4-8(9(11)5-7)10(14)15-2;/h4-5H,1-2H3,(H,12,13);. The predicted octanol–water partition coefficient (Wildman–Crippen LogP) is 0.879. The molecule has 0 aliphatic carbocycles. The number of benzene rings is 1. The van der Waals surface area contributed by atoms with Gasteiger partial charge >= 0.3 is 114 Å². The molecule has 1 aromatic rings. The van der Waals surface area contributed by atoms with Gasteiger partial charge in [-0.05, 0) is 0 Å². The van der Waals surface area contributed by atoms with Crippen LogP contribution in [0.1, 0.15) is 17.3 Å². The third kappa shape index (κ3) is 3.18. The van der Waals surface area contributed by atoms with Crippen LogP contribution in [0, 0.1) is 0 Å². The Morgan fingerprint density at radius 3 is 2.56 bits per heavy atom. The summed E-state index contributed by atoms with van der Waals surface area (Å²) >= 11 is 6.40. The van der Waals surface area contributed by atoms with Crippen molar-refractivity contribution in [1.29, 1.82) is 0 Å². The van der Waals surface area contributed by atoms with Crippen LogP contribution in [0.15, 0.2) is 12.1 Å². The summed E-state index contributed by atoms with van der Waals surface area (Å²) < 4.78 is 5.52. The molecule has 0 saturated carbocycles. The Morgan fingerprint density at radius 1 is 1.44 bits per heavy atom. The molecule has 1 N–H and O–H groups in total. The van der Waals surface area contributed by atoms with Crippen LogP contribution < -0.4 is 8.44 Å². The maximum absolute atomic E-state index is 11.3. The molecule has 6 heteroatoms. The first-order valence-corrected chi connectivity index (χ1v) is 7.03. The summed E-state index contributed by atoms with van der Waals surface area (Å²) in [5, 5.41) is 2.94. The van der Waals surface area contributed by atoms with Gasteiger partial charge in [0.1, 0.15) is 0 Å². The van der Waals surface area contributed by atoms with Gasteiger partial charge < -0.3 is 0 Å². The average Bonchev–Trinajstić information content (AvgIpc) is 2.21. The van der Waals surface area contributed by atoms with Gasteiger partial charge in [0.15, 0.2) is 0 Å². The van der Waals surface area contributed by atoms with Crippen molar-refractivity contribution in [3.05, 3.63) is 22.7 Å². The molecule has 0 heterocycles. The molecule has 0 unspecified atom stereocenters. The summed E-state index contributed by atoms with van der Waals surface area (Å²) in [6, 6.07) is 3.23. The maximum atomic E-state index is 11.3. The van der Waals surface area contributed by atoms with E-state index in [1.807, 2.05) is 0 Å². The third-order valence-corrected chi connectivity index (χ3v) is 4.02. The van der Waals surface area contributed by atoms with E-state index < -0.39 is 5.97 Å².